The molecular formula is C15H27NO2. The summed E-state index contributed by atoms with van der Waals surface area (Å²) in [7, 11) is 1.85. The fraction of sp³-hybridized carbons (Fsp3) is 1.00. The number of nitrogens with one attached hydrogen (secondary N) is 1. The van der Waals surface area contributed by atoms with E-state index in [1.54, 1.807) is 0 Å². The van der Waals surface area contributed by atoms with Gasteiger partial charge in [-0.25, -0.2) is 0 Å². The van der Waals surface area contributed by atoms with E-state index >= 15 is 0 Å². The highest BCUT2D eigenvalue weighted by Crippen LogP contribution is 2.43. The van der Waals surface area contributed by atoms with Gasteiger partial charge in [-0.05, 0) is 25.7 Å². The summed E-state index contributed by atoms with van der Waals surface area (Å²) in [5, 5.41) is 3.67. The first kappa shape index (κ1) is 12.9. The number of methoxy groups -OCH3 is 1. The predicted molar refractivity (Wildman–Crippen MR) is 71.8 cm³/mol. The van der Waals surface area contributed by atoms with Gasteiger partial charge < -0.3 is 14.8 Å². The summed E-state index contributed by atoms with van der Waals surface area (Å²) >= 11 is 0. The van der Waals surface area contributed by atoms with E-state index in [9.17, 15) is 0 Å². The molecule has 3 nitrogen and oxygen atoms in total. The molecule has 104 valence electrons. The van der Waals surface area contributed by atoms with Crippen LogP contribution in [0.5, 0.6) is 0 Å². The monoisotopic (exact) mass is 253 g/mol. The third kappa shape index (κ3) is 2.21. The Hall–Kier alpha value is -0.120. The normalized spacial score (nSPS) is 40.2. The van der Waals surface area contributed by atoms with Crippen molar-refractivity contribution in [3.8, 4) is 0 Å². The molecule has 2 spiro atoms. The lowest BCUT2D eigenvalue weighted by atomic mass is 9.76. The van der Waals surface area contributed by atoms with Gasteiger partial charge in [0.15, 0.2) is 0 Å². The van der Waals surface area contributed by atoms with Crippen LogP contribution in [0, 0.1) is 0 Å². The van der Waals surface area contributed by atoms with E-state index in [2.05, 4.69) is 5.32 Å². The maximum atomic E-state index is 6.76. The van der Waals surface area contributed by atoms with Gasteiger partial charge in [-0.2, -0.15) is 0 Å². The molecule has 2 unspecified atom stereocenters. The van der Waals surface area contributed by atoms with Gasteiger partial charge in [-0.15, -0.1) is 0 Å². The molecule has 3 rings (SSSR count). The molecule has 0 aromatic heterocycles. The third-order valence-corrected chi connectivity index (χ3v) is 5.24. The quantitative estimate of drug-likeness (QED) is 0.779. The van der Waals surface area contributed by atoms with E-state index in [1.807, 2.05) is 7.11 Å². The van der Waals surface area contributed by atoms with Crippen LogP contribution < -0.4 is 5.32 Å². The number of hydrogen-bond acceptors (Lipinski definition) is 3. The summed E-state index contributed by atoms with van der Waals surface area (Å²) in [6.45, 7) is 2.03. The zero-order valence-electron chi connectivity index (χ0n) is 11.7. The molecule has 0 aromatic rings. The molecule has 1 heterocycles. The Labute approximate surface area is 111 Å². The fourth-order valence-corrected chi connectivity index (χ4v) is 4.31. The molecule has 3 fully saturated rings. The Morgan fingerprint density at radius 2 is 1.78 bits per heavy atom. The first-order chi connectivity index (χ1) is 8.79. The largest absolute Gasteiger partial charge is 0.378 e. The summed E-state index contributed by atoms with van der Waals surface area (Å²) in [6, 6.07) is 0. The average Bonchev–Trinajstić information content (AvgIpc) is 2.40. The molecule has 18 heavy (non-hydrogen) atoms. The van der Waals surface area contributed by atoms with Crippen LogP contribution in [0.15, 0.2) is 0 Å². The predicted octanol–water partition coefficient (Wildman–Crippen LogP) is 2.64. The average molecular weight is 253 g/mol. The molecule has 2 saturated carbocycles. The molecule has 3 aliphatic rings. The molecule has 3 heteroatoms. The van der Waals surface area contributed by atoms with Crippen LogP contribution in [0.25, 0.3) is 0 Å². The minimum absolute atomic E-state index is 0.0391. The first-order valence-corrected chi connectivity index (χ1v) is 7.72. The zero-order chi connectivity index (χ0) is 12.5. The van der Waals surface area contributed by atoms with Crippen molar-refractivity contribution in [3.05, 3.63) is 0 Å². The van der Waals surface area contributed by atoms with Crippen LogP contribution in [0.4, 0.5) is 0 Å². The standard InChI is InChI=1S/C15H27NO2/c1-17-13-7-3-6-10-15(13)12-16-11-14(18-15)8-4-2-5-9-14/h13,16H,2-12H2,1H3. The van der Waals surface area contributed by atoms with Gasteiger partial charge in [-0.3, -0.25) is 0 Å². The van der Waals surface area contributed by atoms with Crippen molar-refractivity contribution in [3.63, 3.8) is 0 Å². The van der Waals surface area contributed by atoms with Crippen LogP contribution in [-0.2, 0) is 9.47 Å². The molecular weight excluding hydrogens is 226 g/mol. The summed E-state index contributed by atoms with van der Waals surface area (Å²) in [6.07, 6.45) is 11.7. The lowest BCUT2D eigenvalue weighted by Gasteiger charge is -2.54. The van der Waals surface area contributed by atoms with Crippen LogP contribution in [0.1, 0.15) is 57.8 Å². The van der Waals surface area contributed by atoms with Crippen molar-refractivity contribution in [2.75, 3.05) is 20.2 Å². The van der Waals surface area contributed by atoms with Crippen LogP contribution >= 0.6 is 0 Å². The van der Waals surface area contributed by atoms with Crippen molar-refractivity contribution >= 4 is 0 Å². The Bertz CT molecular complexity index is 279. The second-order valence-electron chi connectivity index (χ2n) is 6.48. The van der Waals surface area contributed by atoms with Crippen LogP contribution in [0.3, 0.4) is 0 Å². The van der Waals surface area contributed by atoms with Gasteiger partial charge in [0.1, 0.15) is 5.60 Å². The van der Waals surface area contributed by atoms with E-state index in [0.717, 1.165) is 19.5 Å². The van der Waals surface area contributed by atoms with E-state index < -0.39 is 0 Å². The van der Waals surface area contributed by atoms with Gasteiger partial charge in [0.2, 0.25) is 0 Å². The van der Waals surface area contributed by atoms with Crippen molar-refractivity contribution in [1.82, 2.24) is 5.32 Å². The molecule has 0 aromatic carbocycles. The maximum Gasteiger partial charge on any atom is 0.107 e. The number of hydrogen-bond donors (Lipinski definition) is 1. The lowest BCUT2D eigenvalue weighted by Crippen LogP contribution is -2.66. The molecule has 2 atom stereocenters. The highest BCUT2D eigenvalue weighted by molar-refractivity contribution is 5.03. The number of ether oxygens (including phenoxy) is 2. The zero-order valence-corrected chi connectivity index (χ0v) is 11.7. The lowest BCUT2D eigenvalue weighted by molar-refractivity contribution is -0.243. The van der Waals surface area contributed by atoms with Gasteiger partial charge in [0.25, 0.3) is 0 Å². The summed E-state index contributed by atoms with van der Waals surface area (Å²) in [5.41, 5.74) is 0.0766. The summed E-state index contributed by atoms with van der Waals surface area (Å²) in [4.78, 5) is 0. The molecule has 1 N–H and O–H groups in total. The van der Waals surface area contributed by atoms with E-state index in [1.165, 1.54) is 51.4 Å². The smallest absolute Gasteiger partial charge is 0.107 e. The minimum Gasteiger partial charge on any atom is -0.378 e. The molecule has 0 amide bonds. The second kappa shape index (κ2) is 5.10. The summed E-state index contributed by atoms with van der Waals surface area (Å²) < 4.78 is 12.5. The van der Waals surface area contributed by atoms with Gasteiger partial charge in [0.05, 0.1) is 11.7 Å². The third-order valence-electron chi connectivity index (χ3n) is 5.24. The van der Waals surface area contributed by atoms with E-state index in [0.29, 0.717) is 0 Å². The molecule has 1 aliphatic heterocycles. The van der Waals surface area contributed by atoms with Gasteiger partial charge in [0, 0.05) is 20.2 Å². The van der Waals surface area contributed by atoms with Gasteiger partial charge in [-0.1, -0.05) is 32.1 Å². The van der Waals surface area contributed by atoms with Crippen molar-refractivity contribution in [2.45, 2.75) is 75.1 Å². The highest BCUT2D eigenvalue weighted by atomic mass is 16.6. The van der Waals surface area contributed by atoms with Crippen LogP contribution in [-0.4, -0.2) is 37.5 Å². The SMILES string of the molecule is COC1CCCCC12CNCC1(CCCCC1)O2. The highest BCUT2D eigenvalue weighted by Gasteiger charge is 2.51. The van der Waals surface area contributed by atoms with E-state index in [4.69, 9.17) is 9.47 Å². The Balaban J connectivity index is 1.78. The second-order valence-corrected chi connectivity index (χ2v) is 6.48. The van der Waals surface area contributed by atoms with Gasteiger partial charge >= 0.3 is 0 Å². The first-order valence-electron chi connectivity index (χ1n) is 7.72. The Morgan fingerprint density at radius 1 is 1.00 bits per heavy atom. The Morgan fingerprint density at radius 3 is 2.56 bits per heavy atom. The molecule has 1 saturated heterocycles. The van der Waals surface area contributed by atoms with Crippen molar-refractivity contribution in [1.29, 1.82) is 0 Å². The number of rotatable bonds is 1. The topological polar surface area (TPSA) is 30.5 Å². The maximum absolute atomic E-state index is 6.76. The van der Waals surface area contributed by atoms with Crippen molar-refractivity contribution < 1.29 is 9.47 Å². The van der Waals surface area contributed by atoms with Crippen molar-refractivity contribution in [2.24, 2.45) is 0 Å². The molecule has 0 radical (unpaired) electrons. The summed E-state index contributed by atoms with van der Waals surface area (Å²) in [5.74, 6) is 0. The number of morpholine rings is 1. The minimum atomic E-state index is -0.0391. The van der Waals surface area contributed by atoms with Crippen LogP contribution in [0.2, 0.25) is 0 Å². The Kier molecular flexibility index (Phi) is 3.65. The molecule has 2 aliphatic carbocycles. The van der Waals surface area contributed by atoms with E-state index in [-0.39, 0.29) is 17.3 Å². The fourth-order valence-electron chi connectivity index (χ4n) is 4.31. The molecule has 0 bridgehead atoms.